The van der Waals surface area contributed by atoms with E-state index in [1.54, 1.807) is 6.20 Å². The molecule has 29 heavy (non-hydrogen) atoms. The molecule has 1 aromatic carbocycles. The minimum atomic E-state index is 0.238. The van der Waals surface area contributed by atoms with Crippen molar-refractivity contribution in [1.82, 2.24) is 14.9 Å². The van der Waals surface area contributed by atoms with Crippen molar-refractivity contribution >= 4 is 22.5 Å². The summed E-state index contributed by atoms with van der Waals surface area (Å²) in [5.41, 5.74) is 3.99. The van der Waals surface area contributed by atoms with Crippen LogP contribution in [0.25, 0.3) is 10.9 Å². The Morgan fingerprint density at radius 2 is 1.90 bits per heavy atom. The number of carbonyl (C=O) groups is 1. The second-order valence-corrected chi connectivity index (χ2v) is 7.25. The molecule has 1 aliphatic heterocycles. The third kappa shape index (κ3) is 4.38. The van der Waals surface area contributed by atoms with Gasteiger partial charge in [0.2, 0.25) is 5.91 Å². The highest BCUT2D eigenvalue weighted by atomic mass is 16.2. The number of hydrogen-bond donors (Lipinski definition) is 0. The van der Waals surface area contributed by atoms with E-state index in [1.807, 2.05) is 41.4 Å². The van der Waals surface area contributed by atoms with Crippen molar-refractivity contribution < 1.29 is 4.79 Å². The number of pyridine rings is 2. The molecule has 0 saturated carbocycles. The largest absolute Gasteiger partial charge is 0.368 e. The number of aromatic nitrogens is 2. The summed E-state index contributed by atoms with van der Waals surface area (Å²) >= 11 is 0. The summed E-state index contributed by atoms with van der Waals surface area (Å²) in [5.74, 6) is 2.81. The zero-order valence-electron chi connectivity index (χ0n) is 16.4. The van der Waals surface area contributed by atoms with Crippen LogP contribution in [0.2, 0.25) is 0 Å². The monoisotopic (exact) mass is 384 g/mol. The normalized spacial score (nSPS) is 14.0. The van der Waals surface area contributed by atoms with Gasteiger partial charge in [-0.05, 0) is 42.7 Å². The number of aryl methyl sites for hydroxylation is 1. The van der Waals surface area contributed by atoms with Gasteiger partial charge in [-0.25, -0.2) is 4.98 Å². The number of benzene rings is 1. The molecule has 1 saturated heterocycles. The lowest BCUT2D eigenvalue weighted by Crippen LogP contribution is -2.48. The number of fused-ring (bicyclic) bond motifs is 1. The van der Waals surface area contributed by atoms with Crippen molar-refractivity contribution in [2.24, 2.45) is 0 Å². The van der Waals surface area contributed by atoms with Crippen molar-refractivity contribution in [3.05, 3.63) is 66.1 Å². The van der Waals surface area contributed by atoms with E-state index in [-0.39, 0.29) is 5.91 Å². The molecule has 0 atom stereocenters. The Kier molecular flexibility index (Phi) is 5.71. The Labute approximate surface area is 171 Å². The fourth-order valence-corrected chi connectivity index (χ4v) is 3.88. The van der Waals surface area contributed by atoms with E-state index in [9.17, 15) is 4.79 Å². The van der Waals surface area contributed by atoms with Crippen LogP contribution in [0.4, 0.5) is 5.69 Å². The Morgan fingerprint density at radius 3 is 2.72 bits per heavy atom. The molecule has 0 radical (unpaired) electrons. The van der Waals surface area contributed by atoms with Gasteiger partial charge in [0, 0.05) is 56.1 Å². The summed E-state index contributed by atoms with van der Waals surface area (Å²) in [6.07, 6.45) is 11.3. The summed E-state index contributed by atoms with van der Waals surface area (Å²) < 4.78 is 0. The lowest BCUT2D eigenvalue weighted by molar-refractivity contribution is -0.131. The SMILES string of the molecule is C#Cc1cc(N2CCN(C(=O)CCCc3cccc4ncccc34)CC2)ccn1. The number of piperazine rings is 1. The molecule has 4 rings (SSSR count). The smallest absolute Gasteiger partial charge is 0.222 e. The van der Waals surface area contributed by atoms with Gasteiger partial charge < -0.3 is 9.80 Å². The number of anilines is 1. The first-order valence-corrected chi connectivity index (χ1v) is 10.0. The van der Waals surface area contributed by atoms with E-state index >= 15 is 0 Å². The third-order valence-corrected chi connectivity index (χ3v) is 5.46. The fourth-order valence-electron chi connectivity index (χ4n) is 3.88. The summed E-state index contributed by atoms with van der Waals surface area (Å²) in [6, 6.07) is 14.2. The molecule has 2 aromatic heterocycles. The predicted molar refractivity (Wildman–Crippen MR) is 116 cm³/mol. The summed E-state index contributed by atoms with van der Waals surface area (Å²) in [6.45, 7) is 3.11. The number of rotatable bonds is 5. The van der Waals surface area contributed by atoms with Crippen LogP contribution in [0.3, 0.4) is 0 Å². The third-order valence-electron chi connectivity index (χ3n) is 5.46. The molecule has 0 aliphatic carbocycles. The number of carbonyl (C=O) groups excluding carboxylic acids is 1. The molecule has 0 N–H and O–H groups in total. The lowest BCUT2D eigenvalue weighted by Gasteiger charge is -2.36. The molecule has 5 heteroatoms. The van der Waals surface area contributed by atoms with Crippen LogP contribution in [0.1, 0.15) is 24.1 Å². The summed E-state index contributed by atoms with van der Waals surface area (Å²) in [5, 5.41) is 1.18. The zero-order chi connectivity index (χ0) is 20.1. The average molecular weight is 384 g/mol. The molecule has 0 bridgehead atoms. The van der Waals surface area contributed by atoms with E-state index in [4.69, 9.17) is 6.42 Å². The lowest BCUT2D eigenvalue weighted by atomic mass is 10.0. The molecule has 3 heterocycles. The maximum Gasteiger partial charge on any atom is 0.222 e. The van der Waals surface area contributed by atoms with Gasteiger partial charge in [0.15, 0.2) is 0 Å². The number of nitrogens with zero attached hydrogens (tertiary/aromatic N) is 4. The zero-order valence-corrected chi connectivity index (χ0v) is 16.4. The topological polar surface area (TPSA) is 49.3 Å². The second kappa shape index (κ2) is 8.74. The van der Waals surface area contributed by atoms with Crippen molar-refractivity contribution in [2.75, 3.05) is 31.1 Å². The van der Waals surface area contributed by atoms with E-state index in [0.717, 1.165) is 50.2 Å². The average Bonchev–Trinajstić information content (AvgIpc) is 2.79. The van der Waals surface area contributed by atoms with Crippen LogP contribution in [-0.4, -0.2) is 47.0 Å². The number of hydrogen-bond acceptors (Lipinski definition) is 4. The first-order valence-electron chi connectivity index (χ1n) is 10.0. The second-order valence-electron chi connectivity index (χ2n) is 7.25. The van der Waals surface area contributed by atoms with Gasteiger partial charge >= 0.3 is 0 Å². The first-order chi connectivity index (χ1) is 14.2. The molecule has 1 aliphatic rings. The summed E-state index contributed by atoms with van der Waals surface area (Å²) in [4.78, 5) is 25.4. The van der Waals surface area contributed by atoms with Gasteiger partial charge in [-0.1, -0.05) is 24.1 Å². The highest BCUT2D eigenvalue weighted by Gasteiger charge is 2.21. The molecule has 1 amide bonds. The Balaban J connectivity index is 1.28. The van der Waals surface area contributed by atoms with Crippen molar-refractivity contribution in [1.29, 1.82) is 0 Å². The van der Waals surface area contributed by atoms with Crippen LogP contribution in [0, 0.1) is 12.3 Å². The van der Waals surface area contributed by atoms with Gasteiger partial charge in [-0.15, -0.1) is 6.42 Å². The first kappa shape index (κ1) is 18.9. The van der Waals surface area contributed by atoms with Crippen LogP contribution < -0.4 is 4.90 Å². The minimum absolute atomic E-state index is 0.238. The van der Waals surface area contributed by atoms with Crippen LogP contribution in [0.5, 0.6) is 0 Å². The fraction of sp³-hybridized carbons (Fsp3) is 0.292. The predicted octanol–water partition coefficient (Wildman–Crippen LogP) is 3.28. The Bertz CT molecular complexity index is 1040. The molecule has 5 nitrogen and oxygen atoms in total. The quantitative estimate of drug-likeness (QED) is 0.634. The Hall–Kier alpha value is -3.39. The number of terminal acetylenes is 1. The minimum Gasteiger partial charge on any atom is -0.368 e. The van der Waals surface area contributed by atoms with Crippen molar-refractivity contribution in [3.63, 3.8) is 0 Å². The van der Waals surface area contributed by atoms with Crippen LogP contribution in [-0.2, 0) is 11.2 Å². The van der Waals surface area contributed by atoms with Gasteiger partial charge in [0.25, 0.3) is 0 Å². The maximum atomic E-state index is 12.7. The van der Waals surface area contributed by atoms with E-state index in [1.165, 1.54) is 10.9 Å². The van der Waals surface area contributed by atoms with Crippen LogP contribution >= 0.6 is 0 Å². The van der Waals surface area contributed by atoms with Crippen molar-refractivity contribution in [3.8, 4) is 12.3 Å². The van der Waals surface area contributed by atoms with Crippen LogP contribution in [0.15, 0.2) is 54.9 Å². The van der Waals surface area contributed by atoms with E-state index in [0.29, 0.717) is 12.1 Å². The molecule has 3 aromatic rings. The highest BCUT2D eigenvalue weighted by Crippen LogP contribution is 2.20. The van der Waals surface area contributed by atoms with E-state index < -0.39 is 0 Å². The van der Waals surface area contributed by atoms with Gasteiger partial charge in [-0.3, -0.25) is 9.78 Å². The molecule has 1 fully saturated rings. The van der Waals surface area contributed by atoms with Gasteiger partial charge in [0.05, 0.1) is 5.52 Å². The number of amides is 1. The summed E-state index contributed by atoms with van der Waals surface area (Å²) in [7, 11) is 0. The highest BCUT2D eigenvalue weighted by molar-refractivity contribution is 5.82. The van der Waals surface area contributed by atoms with Gasteiger partial charge in [0.1, 0.15) is 5.69 Å². The standard InChI is InChI=1S/C24H24N4O/c1-2-20-18-21(11-13-25-20)27-14-16-28(17-15-27)24(29)10-4-7-19-6-3-9-23-22(19)8-5-12-26-23/h1,3,5-6,8-9,11-13,18H,4,7,10,14-17H2. The molecule has 0 unspecified atom stereocenters. The molecule has 0 spiro atoms. The maximum absolute atomic E-state index is 12.7. The molecular weight excluding hydrogens is 360 g/mol. The van der Waals surface area contributed by atoms with Crippen molar-refractivity contribution in [2.45, 2.75) is 19.3 Å². The van der Waals surface area contributed by atoms with Gasteiger partial charge in [-0.2, -0.15) is 0 Å². The molecule has 146 valence electrons. The Morgan fingerprint density at radius 1 is 1.03 bits per heavy atom. The molecular formula is C24H24N4O. The van der Waals surface area contributed by atoms with E-state index in [2.05, 4.69) is 32.9 Å².